The number of ether oxygens (including phenoxy) is 1. The smallest absolute Gasteiger partial charge is 0.0873 e. The van der Waals surface area contributed by atoms with Gasteiger partial charge in [-0.3, -0.25) is 0 Å². The van der Waals surface area contributed by atoms with E-state index < -0.39 is 0 Å². The first-order valence-corrected chi connectivity index (χ1v) is 6.05. The average molecular weight is 232 g/mol. The highest BCUT2D eigenvalue weighted by Crippen LogP contribution is 2.27. The van der Waals surface area contributed by atoms with Crippen molar-refractivity contribution in [3.8, 4) is 0 Å². The molecule has 1 N–H and O–H groups in total. The van der Waals surface area contributed by atoms with Crippen LogP contribution in [-0.2, 0) is 11.2 Å². The largest absolute Gasteiger partial charge is 0.411 e. The standard InChI is InChI=1S/C13H16N2O2/c16-14-13-4-1-10-9-11(2-3-12(10)13)15-5-7-17-8-6-15/h2-3,9,16H,1,4-8H2/b14-13+. The Labute approximate surface area is 100 Å². The fourth-order valence-electron chi connectivity index (χ4n) is 2.58. The van der Waals surface area contributed by atoms with Gasteiger partial charge in [0.2, 0.25) is 0 Å². The molecule has 0 aromatic heterocycles. The first-order chi connectivity index (χ1) is 8.38. The van der Waals surface area contributed by atoms with Crippen LogP contribution < -0.4 is 4.90 Å². The van der Waals surface area contributed by atoms with Crippen LogP contribution in [0.15, 0.2) is 23.4 Å². The Morgan fingerprint density at radius 1 is 1.18 bits per heavy atom. The molecule has 0 unspecified atom stereocenters. The Bertz CT molecular complexity index is 451. The normalized spacial score (nSPS) is 21.9. The summed E-state index contributed by atoms with van der Waals surface area (Å²) in [5.74, 6) is 0. The number of hydrogen-bond donors (Lipinski definition) is 1. The molecule has 3 rings (SSSR count). The monoisotopic (exact) mass is 232 g/mol. The molecule has 1 saturated heterocycles. The van der Waals surface area contributed by atoms with Crippen LogP contribution >= 0.6 is 0 Å². The summed E-state index contributed by atoms with van der Waals surface area (Å²) < 4.78 is 5.35. The van der Waals surface area contributed by atoms with Gasteiger partial charge in [0.05, 0.1) is 18.9 Å². The number of aryl methyl sites for hydroxylation is 1. The maximum Gasteiger partial charge on any atom is 0.0873 e. The lowest BCUT2D eigenvalue weighted by Gasteiger charge is -2.29. The predicted molar refractivity (Wildman–Crippen MR) is 66.1 cm³/mol. The van der Waals surface area contributed by atoms with Gasteiger partial charge in [-0.25, -0.2) is 0 Å². The van der Waals surface area contributed by atoms with Crippen LogP contribution in [0.25, 0.3) is 0 Å². The highest BCUT2D eigenvalue weighted by molar-refractivity contribution is 6.04. The van der Waals surface area contributed by atoms with Crippen molar-refractivity contribution in [1.82, 2.24) is 0 Å². The lowest BCUT2D eigenvalue weighted by molar-refractivity contribution is 0.122. The number of benzene rings is 1. The van der Waals surface area contributed by atoms with Crippen molar-refractivity contribution in [3.05, 3.63) is 29.3 Å². The van der Waals surface area contributed by atoms with Crippen molar-refractivity contribution >= 4 is 11.4 Å². The van der Waals surface area contributed by atoms with Gasteiger partial charge in [-0.05, 0) is 30.5 Å². The molecule has 1 aromatic carbocycles. The van der Waals surface area contributed by atoms with E-state index in [1.54, 1.807) is 0 Å². The van der Waals surface area contributed by atoms with Gasteiger partial charge in [0.25, 0.3) is 0 Å². The molecule has 17 heavy (non-hydrogen) atoms. The van der Waals surface area contributed by atoms with Crippen LogP contribution in [0.3, 0.4) is 0 Å². The van der Waals surface area contributed by atoms with Crippen LogP contribution in [0, 0.1) is 0 Å². The van der Waals surface area contributed by atoms with Crippen LogP contribution in [-0.4, -0.2) is 37.2 Å². The van der Waals surface area contributed by atoms with Gasteiger partial charge in [-0.2, -0.15) is 0 Å². The summed E-state index contributed by atoms with van der Waals surface area (Å²) in [5, 5.41) is 12.2. The lowest BCUT2D eigenvalue weighted by Crippen LogP contribution is -2.36. The summed E-state index contributed by atoms with van der Waals surface area (Å²) in [5.41, 5.74) is 4.46. The Morgan fingerprint density at radius 3 is 2.76 bits per heavy atom. The van der Waals surface area contributed by atoms with Crippen molar-refractivity contribution < 1.29 is 9.94 Å². The fourth-order valence-corrected chi connectivity index (χ4v) is 2.58. The molecule has 1 fully saturated rings. The van der Waals surface area contributed by atoms with Crippen molar-refractivity contribution in [3.63, 3.8) is 0 Å². The molecule has 4 nitrogen and oxygen atoms in total. The van der Waals surface area contributed by atoms with Crippen molar-refractivity contribution in [1.29, 1.82) is 0 Å². The second-order valence-corrected chi connectivity index (χ2v) is 4.49. The van der Waals surface area contributed by atoms with E-state index >= 15 is 0 Å². The van der Waals surface area contributed by atoms with Crippen LogP contribution in [0.1, 0.15) is 17.5 Å². The van der Waals surface area contributed by atoms with Crippen LogP contribution in [0.4, 0.5) is 5.69 Å². The van der Waals surface area contributed by atoms with Gasteiger partial charge in [-0.1, -0.05) is 11.2 Å². The van der Waals surface area contributed by atoms with Crippen molar-refractivity contribution in [2.45, 2.75) is 12.8 Å². The summed E-state index contributed by atoms with van der Waals surface area (Å²) in [6.07, 6.45) is 1.82. The molecular weight excluding hydrogens is 216 g/mol. The van der Waals surface area contributed by atoms with E-state index in [-0.39, 0.29) is 0 Å². The van der Waals surface area contributed by atoms with Gasteiger partial charge in [0.1, 0.15) is 0 Å². The molecular formula is C13H16N2O2. The average Bonchev–Trinajstić information content (AvgIpc) is 2.81. The first-order valence-electron chi connectivity index (χ1n) is 6.05. The Hall–Kier alpha value is -1.55. The molecule has 0 spiro atoms. The highest BCUT2D eigenvalue weighted by Gasteiger charge is 2.20. The number of anilines is 1. The summed E-state index contributed by atoms with van der Waals surface area (Å²) in [7, 11) is 0. The maximum atomic E-state index is 8.89. The Morgan fingerprint density at radius 2 is 2.00 bits per heavy atom. The lowest BCUT2D eigenvalue weighted by atomic mass is 10.1. The third kappa shape index (κ3) is 1.89. The third-order valence-electron chi connectivity index (χ3n) is 3.53. The Kier molecular flexibility index (Phi) is 2.73. The van der Waals surface area contributed by atoms with Crippen molar-refractivity contribution in [2.75, 3.05) is 31.2 Å². The van der Waals surface area contributed by atoms with Crippen LogP contribution in [0.2, 0.25) is 0 Å². The van der Waals surface area contributed by atoms with E-state index in [2.05, 4.69) is 28.3 Å². The summed E-state index contributed by atoms with van der Waals surface area (Å²) in [6, 6.07) is 6.40. The fraction of sp³-hybridized carbons (Fsp3) is 0.462. The summed E-state index contributed by atoms with van der Waals surface area (Å²) in [4.78, 5) is 2.35. The molecule has 0 saturated carbocycles. The van der Waals surface area contributed by atoms with E-state index in [1.807, 2.05) is 0 Å². The number of hydrogen-bond acceptors (Lipinski definition) is 4. The van der Waals surface area contributed by atoms with E-state index in [1.165, 1.54) is 11.3 Å². The third-order valence-corrected chi connectivity index (χ3v) is 3.53. The zero-order chi connectivity index (χ0) is 11.7. The molecule has 0 amide bonds. The number of morpholine rings is 1. The van der Waals surface area contributed by atoms with Gasteiger partial charge in [-0.15, -0.1) is 0 Å². The molecule has 0 bridgehead atoms. The van der Waals surface area contributed by atoms with Gasteiger partial charge < -0.3 is 14.8 Å². The molecule has 4 heteroatoms. The summed E-state index contributed by atoms with van der Waals surface area (Å²) in [6.45, 7) is 3.53. The van der Waals surface area contributed by atoms with Crippen molar-refractivity contribution in [2.24, 2.45) is 5.16 Å². The zero-order valence-corrected chi connectivity index (χ0v) is 9.72. The molecule has 0 atom stereocenters. The minimum atomic E-state index is 0.806. The highest BCUT2D eigenvalue weighted by atomic mass is 16.5. The SMILES string of the molecule is O/N=C1\CCc2cc(N3CCOCC3)ccc21. The Balaban J connectivity index is 1.89. The van der Waals surface area contributed by atoms with E-state index in [0.717, 1.165) is 50.4 Å². The second kappa shape index (κ2) is 4.37. The van der Waals surface area contributed by atoms with E-state index in [4.69, 9.17) is 9.94 Å². The molecule has 1 heterocycles. The zero-order valence-electron chi connectivity index (χ0n) is 9.72. The molecule has 0 radical (unpaired) electrons. The topological polar surface area (TPSA) is 45.1 Å². The van der Waals surface area contributed by atoms with E-state index in [9.17, 15) is 0 Å². The van der Waals surface area contributed by atoms with Gasteiger partial charge >= 0.3 is 0 Å². The molecule has 1 aromatic rings. The maximum absolute atomic E-state index is 8.89. The molecule has 2 aliphatic rings. The van der Waals surface area contributed by atoms with Gasteiger partial charge in [0, 0.05) is 24.3 Å². The number of oxime groups is 1. The predicted octanol–water partition coefficient (Wildman–Crippen LogP) is 1.65. The van der Waals surface area contributed by atoms with Gasteiger partial charge in [0.15, 0.2) is 0 Å². The second-order valence-electron chi connectivity index (χ2n) is 4.49. The number of rotatable bonds is 1. The van der Waals surface area contributed by atoms with E-state index in [0.29, 0.717) is 0 Å². The minimum Gasteiger partial charge on any atom is -0.411 e. The quantitative estimate of drug-likeness (QED) is 0.591. The number of fused-ring (bicyclic) bond motifs is 1. The number of nitrogens with zero attached hydrogens (tertiary/aromatic N) is 2. The molecule has 90 valence electrons. The summed E-state index contributed by atoms with van der Waals surface area (Å²) >= 11 is 0. The molecule has 1 aliphatic carbocycles. The minimum absolute atomic E-state index is 0.806. The van der Waals surface area contributed by atoms with Crippen LogP contribution in [0.5, 0.6) is 0 Å². The molecule has 1 aliphatic heterocycles. The first kappa shape index (κ1) is 10.6.